The Bertz CT molecular complexity index is 1050. The van der Waals surface area contributed by atoms with E-state index in [1.165, 1.54) is 35.1 Å². The maximum absolute atomic E-state index is 13.5. The average molecular weight is 403 g/mol. The maximum Gasteiger partial charge on any atom is 0.316 e. The molecule has 0 saturated carbocycles. The minimum absolute atomic E-state index is 0.0245. The second kappa shape index (κ2) is 8.69. The number of nitro groups is 1. The molecule has 0 aliphatic heterocycles. The van der Waals surface area contributed by atoms with Crippen LogP contribution in [0.15, 0.2) is 41.2 Å². The van der Waals surface area contributed by atoms with Gasteiger partial charge in [-0.25, -0.2) is 4.39 Å². The molecule has 0 radical (unpaired) electrons. The summed E-state index contributed by atoms with van der Waals surface area (Å²) < 4.78 is 19.6. The van der Waals surface area contributed by atoms with Crippen molar-refractivity contribution < 1.29 is 23.4 Å². The number of benzene rings is 1. The van der Waals surface area contributed by atoms with Gasteiger partial charge in [0.05, 0.1) is 10.5 Å². The largest absolute Gasteiger partial charge is 0.350 e. The zero-order valence-electron chi connectivity index (χ0n) is 14.7. The molecule has 0 bridgehead atoms. The molecule has 0 aliphatic rings. The zero-order valence-corrected chi connectivity index (χ0v) is 14.7. The first kappa shape index (κ1) is 19.6. The minimum atomic E-state index is -0.671. The lowest BCUT2D eigenvalue weighted by Gasteiger charge is -2.06. The summed E-state index contributed by atoms with van der Waals surface area (Å²) in [5.74, 6) is -2.14. The molecule has 12 nitrogen and oxygen atoms in total. The van der Waals surface area contributed by atoms with E-state index in [0.29, 0.717) is 0 Å². The Kier molecular flexibility index (Phi) is 5.87. The first-order chi connectivity index (χ1) is 13.9. The van der Waals surface area contributed by atoms with Gasteiger partial charge in [-0.1, -0.05) is 17.3 Å². The number of amides is 2. The van der Waals surface area contributed by atoms with Crippen LogP contribution in [0.2, 0.25) is 0 Å². The molecule has 29 heavy (non-hydrogen) atoms. The molecule has 2 amide bonds. The fraction of sp³-hybridized carbons (Fsp3) is 0.188. The number of aromatic nitrogens is 4. The Balaban J connectivity index is 1.46. The van der Waals surface area contributed by atoms with Crippen LogP contribution in [0.4, 0.5) is 10.1 Å². The van der Waals surface area contributed by atoms with Crippen LogP contribution in [0.5, 0.6) is 0 Å². The topological polar surface area (TPSA) is 158 Å². The van der Waals surface area contributed by atoms with Crippen molar-refractivity contribution in [2.75, 3.05) is 13.1 Å². The van der Waals surface area contributed by atoms with Gasteiger partial charge in [-0.2, -0.15) is 10.1 Å². The van der Waals surface area contributed by atoms with Gasteiger partial charge in [-0.05, 0) is 12.1 Å². The summed E-state index contributed by atoms with van der Waals surface area (Å²) in [6.45, 7) is 0.0717. The van der Waals surface area contributed by atoms with Gasteiger partial charge >= 0.3 is 17.5 Å². The third-order valence-corrected chi connectivity index (χ3v) is 3.61. The number of carbonyl (C=O) groups is 2. The first-order valence-electron chi connectivity index (χ1n) is 8.24. The van der Waals surface area contributed by atoms with Gasteiger partial charge in [-0.3, -0.25) is 24.4 Å². The highest BCUT2D eigenvalue weighted by molar-refractivity contribution is 5.94. The van der Waals surface area contributed by atoms with Crippen molar-refractivity contribution in [3.63, 3.8) is 0 Å². The van der Waals surface area contributed by atoms with Gasteiger partial charge < -0.3 is 15.2 Å². The van der Waals surface area contributed by atoms with Gasteiger partial charge in [0.1, 0.15) is 24.8 Å². The molecule has 0 unspecified atom stereocenters. The minimum Gasteiger partial charge on any atom is -0.350 e. The standard InChI is InChI=1S/C16H14FN7O5/c17-12-4-2-1-3-11(12)14(25)18-5-6-19-15(26)16-21-13(22-29-16)9-23-8-10(7-20-23)24(27)28/h1-4,7-8H,5-6,9H2,(H,18,25)(H,19,26). The second-order valence-corrected chi connectivity index (χ2v) is 5.66. The highest BCUT2D eigenvalue weighted by Gasteiger charge is 2.17. The highest BCUT2D eigenvalue weighted by atomic mass is 19.1. The molecule has 13 heteroatoms. The molecule has 1 aromatic carbocycles. The normalized spacial score (nSPS) is 10.5. The Morgan fingerprint density at radius 2 is 1.93 bits per heavy atom. The maximum atomic E-state index is 13.5. The van der Waals surface area contributed by atoms with Crippen LogP contribution in [0.1, 0.15) is 26.9 Å². The Labute approximate surface area is 161 Å². The Morgan fingerprint density at radius 1 is 1.21 bits per heavy atom. The van der Waals surface area contributed by atoms with Crippen LogP contribution in [0, 0.1) is 15.9 Å². The van der Waals surface area contributed by atoms with Crippen molar-refractivity contribution in [3.05, 3.63) is 69.9 Å². The monoisotopic (exact) mass is 403 g/mol. The number of hydrogen-bond donors (Lipinski definition) is 2. The van der Waals surface area contributed by atoms with Crippen LogP contribution in [-0.2, 0) is 6.54 Å². The average Bonchev–Trinajstić information content (AvgIpc) is 3.35. The van der Waals surface area contributed by atoms with Gasteiger partial charge in [0, 0.05) is 13.1 Å². The lowest BCUT2D eigenvalue weighted by Crippen LogP contribution is -2.35. The van der Waals surface area contributed by atoms with E-state index in [4.69, 9.17) is 4.52 Å². The van der Waals surface area contributed by atoms with E-state index in [9.17, 15) is 24.1 Å². The van der Waals surface area contributed by atoms with Crippen LogP contribution in [0.25, 0.3) is 0 Å². The number of nitrogens with zero attached hydrogens (tertiary/aromatic N) is 5. The van der Waals surface area contributed by atoms with Crippen molar-refractivity contribution in [1.82, 2.24) is 30.6 Å². The van der Waals surface area contributed by atoms with E-state index >= 15 is 0 Å². The number of hydrogen-bond acceptors (Lipinski definition) is 8. The summed E-state index contributed by atoms with van der Waals surface area (Å²) in [5, 5.41) is 22.9. The summed E-state index contributed by atoms with van der Waals surface area (Å²) >= 11 is 0. The third kappa shape index (κ3) is 4.97. The molecule has 0 atom stereocenters. The quantitative estimate of drug-likeness (QED) is 0.313. The molecule has 2 heterocycles. The first-order valence-corrected chi connectivity index (χ1v) is 8.24. The van der Waals surface area contributed by atoms with E-state index in [-0.39, 0.29) is 42.6 Å². The fourth-order valence-electron chi connectivity index (χ4n) is 2.26. The summed E-state index contributed by atoms with van der Waals surface area (Å²) in [4.78, 5) is 37.7. The molecular weight excluding hydrogens is 389 g/mol. The van der Waals surface area contributed by atoms with E-state index in [2.05, 4.69) is 25.9 Å². The molecule has 0 aliphatic carbocycles. The van der Waals surface area contributed by atoms with Crippen molar-refractivity contribution in [2.45, 2.75) is 6.54 Å². The lowest BCUT2D eigenvalue weighted by molar-refractivity contribution is -0.385. The number of nitrogens with one attached hydrogen (secondary N) is 2. The van der Waals surface area contributed by atoms with Crippen LogP contribution in [-0.4, -0.2) is 49.7 Å². The lowest BCUT2D eigenvalue weighted by atomic mass is 10.2. The van der Waals surface area contributed by atoms with Crippen molar-refractivity contribution in [2.24, 2.45) is 0 Å². The van der Waals surface area contributed by atoms with E-state index < -0.39 is 22.6 Å². The molecule has 0 spiro atoms. The summed E-state index contributed by atoms with van der Waals surface area (Å²) in [6.07, 6.45) is 2.26. The summed E-state index contributed by atoms with van der Waals surface area (Å²) in [5.41, 5.74) is -0.289. The van der Waals surface area contributed by atoms with Gasteiger partial charge in [0.2, 0.25) is 0 Å². The fourth-order valence-corrected chi connectivity index (χ4v) is 2.26. The van der Waals surface area contributed by atoms with Gasteiger partial charge in [0.15, 0.2) is 5.82 Å². The zero-order chi connectivity index (χ0) is 20.8. The van der Waals surface area contributed by atoms with Crippen molar-refractivity contribution >= 4 is 17.5 Å². The highest BCUT2D eigenvalue weighted by Crippen LogP contribution is 2.09. The molecule has 0 fully saturated rings. The predicted octanol–water partition coefficient (Wildman–Crippen LogP) is 0.521. The molecular formula is C16H14FN7O5. The molecule has 3 rings (SSSR count). The van der Waals surface area contributed by atoms with Crippen molar-refractivity contribution in [3.8, 4) is 0 Å². The second-order valence-electron chi connectivity index (χ2n) is 5.66. The molecule has 150 valence electrons. The van der Waals surface area contributed by atoms with Gasteiger partial charge in [0.25, 0.3) is 5.91 Å². The van der Waals surface area contributed by atoms with E-state index in [1.807, 2.05) is 0 Å². The molecule has 2 aromatic heterocycles. The predicted molar refractivity (Wildman–Crippen MR) is 93.3 cm³/mol. The number of carbonyl (C=O) groups excluding carboxylic acids is 2. The van der Waals surface area contributed by atoms with Crippen LogP contribution in [0.3, 0.4) is 0 Å². The number of rotatable bonds is 8. The number of halogens is 1. The Morgan fingerprint density at radius 3 is 2.62 bits per heavy atom. The summed E-state index contributed by atoms with van der Waals surface area (Å²) in [7, 11) is 0. The SMILES string of the molecule is O=C(NCCNC(=O)c1ccccc1F)c1nc(Cn2cc([N+](=O)[O-])cn2)no1. The summed E-state index contributed by atoms with van der Waals surface area (Å²) in [6, 6.07) is 5.52. The molecule has 2 N–H and O–H groups in total. The van der Waals surface area contributed by atoms with Crippen molar-refractivity contribution in [1.29, 1.82) is 0 Å². The molecule has 0 saturated heterocycles. The molecule has 3 aromatic rings. The van der Waals surface area contributed by atoms with E-state index in [0.717, 1.165) is 6.20 Å². The van der Waals surface area contributed by atoms with Gasteiger partial charge in [-0.15, -0.1) is 0 Å². The Hall–Kier alpha value is -4.16. The van der Waals surface area contributed by atoms with E-state index in [1.54, 1.807) is 0 Å². The third-order valence-electron chi connectivity index (χ3n) is 3.61. The van der Waals surface area contributed by atoms with Crippen LogP contribution < -0.4 is 10.6 Å². The smallest absolute Gasteiger partial charge is 0.316 e. The van der Waals surface area contributed by atoms with Crippen LogP contribution >= 0.6 is 0 Å².